The van der Waals surface area contributed by atoms with E-state index >= 15 is 13.2 Å². The van der Waals surface area contributed by atoms with Gasteiger partial charge < -0.3 is 4.74 Å². The van der Waals surface area contributed by atoms with Crippen molar-refractivity contribution in [2.24, 2.45) is 11.8 Å². The second-order valence-electron chi connectivity index (χ2n) is 13.7. The first kappa shape index (κ1) is 32.9. The lowest BCUT2D eigenvalue weighted by Crippen LogP contribution is -2.38. The van der Waals surface area contributed by atoms with Gasteiger partial charge in [-0.25, -0.2) is 13.2 Å². The highest BCUT2D eigenvalue weighted by molar-refractivity contribution is 5.36. The van der Waals surface area contributed by atoms with E-state index in [9.17, 15) is 8.78 Å². The van der Waals surface area contributed by atoms with Crippen molar-refractivity contribution in [2.45, 2.75) is 140 Å². The van der Waals surface area contributed by atoms with Gasteiger partial charge in [0.25, 0.3) is 0 Å². The normalized spacial score (nSPS) is 28.0. The summed E-state index contributed by atoms with van der Waals surface area (Å²) in [7, 11) is 0. The van der Waals surface area contributed by atoms with Gasteiger partial charge in [0.2, 0.25) is 0 Å². The van der Waals surface area contributed by atoms with Gasteiger partial charge in [-0.05, 0) is 136 Å². The Labute approximate surface area is 259 Å². The monoisotopic (exact) mass is 615 g/mol. The van der Waals surface area contributed by atoms with E-state index in [4.69, 9.17) is 10.00 Å². The molecule has 5 rings (SSSR count). The minimum Gasteiger partial charge on any atom is -0.317 e. The summed E-state index contributed by atoms with van der Waals surface area (Å²) in [5.74, 6) is -1.90. The van der Waals surface area contributed by atoms with Crippen LogP contribution in [0.25, 0.3) is 0 Å². The van der Waals surface area contributed by atoms with Crippen molar-refractivity contribution < 1.29 is 26.7 Å². The molecular weight excluding hydrogens is 569 g/mol. The average Bonchev–Trinajstić information content (AvgIpc) is 3.01. The first-order valence-corrected chi connectivity index (χ1v) is 16.9. The molecule has 2 nitrogen and oxygen atoms in total. The first-order valence-electron chi connectivity index (χ1n) is 16.9. The lowest BCUT2D eigenvalue weighted by molar-refractivity contribution is -0.300. The fourth-order valence-corrected chi connectivity index (χ4v) is 8.10. The molecule has 0 saturated heterocycles. The molecule has 3 saturated carbocycles. The Morgan fingerprint density at radius 2 is 1.30 bits per heavy atom. The number of alkyl halides is 2. The Kier molecular flexibility index (Phi) is 11.0. The van der Waals surface area contributed by atoms with E-state index in [1.54, 1.807) is 6.07 Å². The number of nitrogens with zero attached hydrogens (tertiary/aromatic N) is 1. The Balaban J connectivity index is 1.08. The molecule has 0 amide bonds. The van der Waals surface area contributed by atoms with Crippen molar-refractivity contribution in [3.63, 3.8) is 0 Å². The van der Waals surface area contributed by atoms with Crippen molar-refractivity contribution in [3.8, 4) is 6.07 Å². The maximum atomic E-state index is 15.3. The predicted octanol–water partition coefficient (Wildman–Crippen LogP) is 11.4. The Morgan fingerprint density at radius 1 is 0.727 bits per heavy atom. The molecule has 0 aromatic heterocycles. The maximum absolute atomic E-state index is 15.3. The molecule has 3 aliphatic carbocycles. The van der Waals surface area contributed by atoms with Crippen LogP contribution in [0.2, 0.25) is 0 Å². The summed E-state index contributed by atoms with van der Waals surface area (Å²) >= 11 is 0. The second-order valence-corrected chi connectivity index (χ2v) is 13.7. The van der Waals surface area contributed by atoms with Crippen LogP contribution in [0.1, 0.15) is 150 Å². The number of unbranched alkanes of at least 4 members (excludes halogenated alkanes) is 2. The summed E-state index contributed by atoms with van der Waals surface area (Å²) in [6.45, 7) is 2.23. The molecule has 0 N–H and O–H groups in total. The molecule has 7 heteroatoms. The largest absolute Gasteiger partial charge is 0.358 e. The van der Waals surface area contributed by atoms with E-state index < -0.39 is 35.3 Å². The summed E-state index contributed by atoms with van der Waals surface area (Å²) in [6, 6.07) is 9.56. The summed E-state index contributed by atoms with van der Waals surface area (Å²) in [5, 5.41) is 8.89. The number of hydrogen-bond acceptors (Lipinski definition) is 2. The van der Waals surface area contributed by atoms with E-state index in [1.807, 2.05) is 6.07 Å². The number of rotatable bonds is 10. The maximum Gasteiger partial charge on any atom is 0.358 e. The summed E-state index contributed by atoms with van der Waals surface area (Å²) in [4.78, 5) is 0. The lowest BCUT2D eigenvalue weighted by Gasteiger charge is -2.37. The smallest absolute Gasteiger partial charge is 0.317 e. The molecule has 240 valence electrons. The van der Waals surface area contributed by atoms with E-state index in [2.05, 4.69) is 13.0 Å². The zero-order valence-corrected chi connectivity index (χ0v) is 25.9. The first-order chi connectivity index (χ1) is 21.2. The van der Waals surface area contributed by atoms with Crippen LogP contribution < -0.4 is 0 Å². The summed E-state index contributed by atoms with van der Waals surface area (Å²) in [6.07, 6.45) is 9.22. The molecule has 0 atom stereocenters. The highest BCUT2D eigenvalue weighted by Crippen LogP contribution is 2.46. The van der Waals surface area contributed by atoms with Gasteiger partial charge in [0.15, 0.2) is 0 Å². The van der Waals surface area contributed by atoms with E-state index in [0.29, 0.717) is 55.6 Å². The molecule has 0 bridgehead atoms. The fraction of sp³-hybridized carbons (Fsp3) is 0.649. The lowest BCUT2D eigenvalue weighted by atomic mass is 9.75. The molecule has 3 aliphatic rings. The topological polar surface area (TPSA) is 33.0 Å². The SMILES string of the molecule is CCCCCC1CCC(c2ccc(C3CCC(C(F)(F)OC4CCC(c5cc(F)c(C#N)c(F)c5)CC4)CC3)c(F)c2)CC1. The van der Waals surface area contributed by atoms with Crippen LogP contribution in [0.3, 0.4) is 0 Å². The predicted molar refractivity (Wildman–Crippen MR) is 162 cm³/mol. The van der Waals surface area contributed by atoms with Gasteiger partial charge in [0.1, 0.15) is 29.1 Å². The Hall–Kier alpha value is -2.46. The van der Waals surface area contributed by atoms with Crippen LogP contribution in [0.5, 0.6) is 0 Å². The van der Waals surface area contributed by atoms with Gasteiger partial charge in [0.05, 0.1) is 12.0 Å². The standard InChI is InChI=1S/C37H46F5NO/c1-2-3-4-5-24-6-8-25(9-7-24)28-14-19-32(34(38)20-28)27-10-15-30(16-11-27)37(41,42)44-31-17-12-26(13-18-31)29-21-35(39)33(23-43)36(40)22-29/h14,19-22,24-27,30-31H,2-13,15-18H2,1H3. The van der Waals surface area contributed by atoms with Gasteiger partial charge in [-0.1, -0.05) is 44.7 Å². The Morgan fingerprint density at radius 3 is 1.89 bits per heavy atom. The molecule has 44 heavy (non-hydrogen) atoms. The molecular formula is C37H46F5NO. The molecule has 2 aromatic rings. The number of benzene rings is 2. The molecule has 3 fully saturated rings. The van der Waals surface area contributed by atoms with Crippen LogP contribution in [0.15, 0.2) is 30.3 Å². The highest BCUT2D eigenvalue weighted by Gasteiger charge is 2.45. The second kappa shape index (κ2) is 14.8. The van der Waals surface area contributed by atoms with E-state index in [1.165, 1.54) is 56.7 Å². The minimum absolute atomic E-state index is 0.0611. The van der Waals surface area contributed by atoms with Crippen molar-refractivity contribution in [2.75, 3.05) is 0 Å². The molecule has 0 unspecified atom stereocenters. The van der Waals surface area contributed by atoms with Crippen LogP contribution >= 0.6 is 0 Å². The Bertz CT molecular complexity index is 1260. The van der Waals surface area contributed by atoms with Gasteiger partial charge in [-0.3, -0.25) is 0 Å². The van der Waals surface area contributed by atoms with Crippen molar-refractivity contribution in [3.05, 3.63) is 70.0 Å². The van der Waals surface area contributed by atoms with Gasteiger partial charge in [0, 0.05) is 0 Å². The van der Waals surface area contributed by atoms with Crippen molar-refractivity contribution in [1.82, 2.24) is 0 Å². The molecule has 0 spiro atoms. The summed E-state index contributed by atoms with van der Waals surface area (Å²) < 4.78 is 79.3. The van der Waals surface area contributed by atoms with E-state index in [0.717, 1.165) is 24.3 Å². The van der Waals surface area contributed by atoms with Crippen LogP contribution in [0.4, 0.5) is 22.0 Å². The van der Waals surface area contributed by atoms with Crippen molar-refractivity contribution >= 4 is 0 Å². The zero-order chi connectivity index (χ0) is 31.3. The van der Waals surface area contributed by atoms with Crippen LogP contribution in [-0.4, -0.2) is 12.2 Å². The van der Waals surface area contributed by atoms with Gasteiger partial charge in [-0.15, -0.1) is 0 Å². The zero-order valence-electron chi connectivity index (χ0n) is 25.9. The number of hydrogen-bond donors (Lipinski definition) is 0. The molecule has 0 heterocycles. The van der Waals surface area contributed by atoms with E-state index in [-0.39, 0.29) is 30.5 Å². The number of nitriles is 1. The number of halogens is 5. The molecule has 0 aliphatic heterocycles. The quantitative estimate of drug-likeness (QED) is 0.197. The average molecular weight is 616 g/mol. The van der Waals surface area contributed by atoms with Crippen molar-refractivity contribution in [1.29, 1.82) is 5.26 Å². The van der Waals surface area contributed by atoms with Crippen LogP contribution in [-0.2, 0) is 4.74 Å². The third-order valence-electron chi connectivity index (χ3n) is 10.8. The third-order valence-corrected chi connectivity index (χ3v) is 10.8. The third kappa shape index (κ3) is 7.84. The minimum atomic E-state index is -3.27. The van der Waals surface area contributed by atoms with Crippen LogP contribution in [0, 0.1) is 40.6 Å². The number of ether oxygens (including phenoxy) is 1. The highest BCUT2D eigenvalue weighted by atomic mass is 19.3. The van der Waals surface area contributed by atoms with Gasteiger partial charge >= 0.3 is 6.11 Å². The van der Waals surface area contributed by atoms with Gasteiger partial charge in [-0.2, -0.15) is 14.0 Å². The molecule has 0 radical (unpaired) electrons. The molecule has 2 aromatic carbocycles. The summed E-state index contributed by atoms with van der Waals surface area (Å²) in [5.41, 5.74) is 1.58. The fourth-order valence-electron chi connectivity index (χ4n) is 8.10.